The minimum atomic E-state index is -0.306. The molecule has 1 amide bonds. The molecule has 0 saturated heterocycles. The van der Waals surface area contributed by atoms with Crippen molar-refractivity contribution in [3.05, 3.63) is 65.0 Å². The van der Waals surface area contributed by atoms with Crippen molar-refractivity contribution >= 4 is 11.6 Å². The van der Waals surface area contributed by atoms with Crippen LogP contribution in [0.25, 0.3) is 0 Å². The van der Waals surface area contributed by atoms with E-state index < -0.39 is 0 Å². The van der Waals surface area contributed by atoms with Crippen LogP contribution < -0.4 is 10.6 Å². The van der Waals surface area contributed by atoms with Gasteiger partial charge in [0.15, 0.2) is 0 Å². The first-order chi connectivity index (χ1) is 10.2. The number of aryl methyl sites for hydroxylation is 1. The van der Waals surface area contributed by atoms with Gasteiger partial charge >= 0.3 is 0 Å². The van der Waals surface area contributed by atoms with Crippen molar-refractivity contribution < 1.29 is 9.18 Å². The molecule has 0 aromatic heterocycles. The van der Waals surface area contributed by atoms with Crippen LogP contribution in [0.15, 0.2) is 42.5 Å². The Balaban J connectivity index is 2.03. The van der Waals surface area contributed by atoms with E-state index >= 15 is 0 Å². The van der Waals surface area contributed by atoms with Gasteiger partial charge in [-0.1, -0.05) is 30.3 Å². The highest BCUT2D eigenvalue weighted by atomic mass is 19.1. The average Bonchev–Trinajstić information content (AvgIpc) is 2.50. The maximum absolute atomic E-state index is 14.4. The summed E-state index contributed by atoms with van der Waals surface area (Å²) in [5, 5.41) is 5.89. The van der Waals surface area contributed by atoms with Crippen LogP contribution in [-0.4, -0.2) is 13.0 Å². The molecule has 2 aromatic rings. The lowest BCUT2D eigenvalue weighted by Gasteiger charge is -2.22. The third-order valence-corrected chi connectivity index (χ3v) is 3.85. The quantitative estimate of drug-likeness (QED) is 0.909. The Morgan fingerprint density at radius 2 is 1.95 bits per heavy atom. The van der Waals surface area contributed by atoms with Crippen LogP contribution in [0.3, 0.4) is 0 Å². The van der Waals surface area contributed by atoms with E-state index in [9.17, 15) is 9.18 Å². The van der Waals surface area contributed by atoms with Crippen molar-refractivity contribution in [3.8, 4) is 0 Å². The van der Waals surface area contributed by atoms with E-state index in [4.69, 9.17) is 0 Å². The molecule has 1 heterocycles. The fraction of sp³-hybridized carbons (Fsp3) is 0.235. The van der Waals surface area contributed by atoms with Crippen LogP contribution in [0.5, 0.6) is 0 Å². The summed E-state index contributed by atoms with van der Waals surface area (Å²) in [6.45, 7) is 0. The SMILES string of the molecule is CNC(c1ccccc1)c1cc2c(cc1F)NC(=O)CC2. The minimum absolute atomic E-state index is 0.0529. The van der Waals surface area contributed by atoms with E-state index in [0.29, 0.717) is 24.1 Å². The average molecular weight is 284 g/mol. The van der Waals surface area contributed by atoms with Crippen molar-refractivity contribution in [2.45, 2.75) is 18.9 Å². The number of benzene rings is 2. The normalized spacial score (nSPS) is 15.2. The maximum Gasteiger partial charge on any atom is 0.224 e. The second-order valence-corrected chi connectivity index (χ2v) is 5.21. The van der Waals surface area contributed by atoms with E-state index in [2.05, 4.69) is 10.6 Å². The highest BCUT2D eigenvalue weighted by Gasteiger charge is 2.22. The largest absolute Gasteiger partial charge is 0.326 e. The summed E-state index contributed by atoms with van der Waals surface area (Å²) in [4.78, 5) is 11.4. The fourth-order valence-electron chi connectivity index (χ4n) is 2.79. The van der Waals surface area contributed by atoms with Gasteiger partial charge in [0.25, 0.3) is 0 Å². The van der Waals surface area contributed by atoms with Crippen molar-refractivity contribution in [1.29, 1.82) is 0 Å². The molecule has 1 aliphatic heterocycles. The molecular formula is C17H17FN2O. The molecule has 0 fully saturated rings. The highest BCUT2D eigenvalue weighted by Crippen LogP contribution is 2.31. The van der Waals surface area contributed by atoms with Gasteiger partial charge in [-0.3, -0.25) is 4.79 Å². The minimum Gasteiger partial charge on any atom is -0.326 e. The smallest absolute Gasteiger partial charge is 0.224 e. The predicted molar refractivity (Wildman–Crippen MR) is 80.7 cm³/mol. The zero-order chi connectivity index (χ0) is 14.8. The number of halogens is 1. The van der Waals surface area contributed by atoms with Gasteiger partial charge in [-0.25, -0.2) is 4.39 Å². The molecular weight excluding hydrogens is 267 g/mol. The molecule has 1 atom stereocenters. The monoisotopic (exact) mass is 284 g/mol. The van der Waals surface area contributed by atoms with Crippen LogP contribution in [-0.2, 0) is 11.2 Å². The first kappa shape index (κ1) is 13.8. The summed E-state index contributed by atoms with van der Waals surface area (Å²) in [5.41, 5.74) is 3.20. The van der Waals surface area contributed by atoms with Gasteiger partial charge in [0.1, 0.15) is 5.82 Å². The summed E-state index contributed by atoms with van der Waals surface area (Å²) in [6, 6.07) is 12.9. The molecule has 1 unspecified atom stereocenters. The number of hydrogen-bond acceptors (Lipinski definition) is 2. The third kappa shape index (κ3) is 2.67. The Morgan fingerprint density at radius 1 is 1.19 bits per heavy atom. The number of nitrogens with one attached hydrogen (secondary N) is 2. The molecule has 0 radical (unpaired) electrons. The molecule has 108 valence electrons. The van der Waals surface area contributed by atoms with Crippen molar-refractivity contribution in [2.75, 3.05) is 12.4 Å². The second-order valence-electron chi connectivity index (χ2n) is 5.21. The molecule has 0 spiro atoms. The van der Waals surface area contributed by atoms with Crippen LogP contribution in [0, 0.1) is 5.82 Å². The summed E-state index contributed by atoms with van der Waals surface area (Å²) in [6.07, 6.45) is 1.10. The van der Waals surface area contributed by atoms with Crippen molar-refractivity contribution in [2.24, 2.45) is 0 Å². The zero-order valence-corrected chi connectivity index (χ0v) is 11.8. The fourth-order valence-corrected chi connectivity index (χ4v) is 2.79. The standard InChI is InChI=1S/C17H17FN2O/c1-19-17(11-5-3-2-4-6-11)13-9-12-7-8-16(21)20-15(12)10-14(13)18/h2-6,9-10,17,19H,7-8H2,1H3,(H,20,21). The van der Waals surface area contributed by atoms with Gasteiger partial charge in [-0.05, 0) is 36.7 Å². The van der Waals surface area contributed by atoms with E-state index in [0.717, 1.165) is 11.1 Å². The molecule has 4 heteroatoms. The van der Waals surface area contributed by atoms with Gasteiger partial charge in [-0.2, -0.15) is 0 Å². The lowest BCUT2D eigenvalue weighted by atomic mass is 9.93. The summed E-state index contributed by atoms with van der Waals surface area (Å²) in [7, 11) is 1.82. The molecule has 2 aromatic carbocycles. The van der Waals surface area contributed by atoms with Gasteiger partial charge in [0.2, 0.25) is 5.91 Å². The zero-order valence-electron chi connectivity index (χ0n) is 11.8. The first-order valence-corrected chi connectivity index (χ1v) is 7.03. The second kappa shape index (κ2) is 5.66. The number of carbonyl (C=O) groups excluding carboxylic acids is 1. The molecule has 0 aliphatic carbocycles. The molecule has 0 bridgehead atoms. The van der Waals surface area contributed by atoms with Crippen LogP contribution in [0.1, 0.15) is 29.2 Å². The van der Waals surface area contributed by atoms with Crippen molar-refractivity contribution in [3.63, 3.8) is 0 Å². The van der Waals surface area contributed by atoms with E-state index in [1.165, 1.54) is 6.07 Å². The Morgan fingerprint density at radius 3 is 2.67 bits per heavy atom. The Kier molecular flexibility index (Phi) is 3.71. The predicted octanol–water partition coefficient (Wildman–Crippen LogP) is 3.02. The lowest BCUT2D eigenvalue weighted by molar-refractivity contribution is -0.116. The number of rotatable bonds is 3. The molecule has 0 saturated carbocycles. The van der Waals surface area contributed by atoms with Crippen LogP contribution in [0.2, 0.25) is 0 Å². The number of anilines is 1. The first-order valence-electron chi connectivity index (χ1n) is 7.03. The van der Waals surface area contributed by atoms with Crippen LogP contribution in [0.4, 0.5) is 10.1 Å². The molecule has 1 aliphatic rings. The Bertz CT molecular complexity index is 670. The number of hydrogen-bond donors (Lipinski definition) is 2. The highest BCUT2D eigenvalue weighted by molar-refractivity contribution is 5.93. The molecule has 21 heavy (non-hydrogen) atoms. The number of carbonyl (C=O) groups is 1. The van der Waals surface area contributed by atoms with Gasteiger partial charge < -0.3 is 10.6 Å². The number of amides is 1. The van der Waals surface area contributed by atoms with Crippen molar-refractivity contribution in [1.82, 2.24) is 5.32 Å². The van der Waals surface area contributed by atoms with Gasteiger partial charge in [0.05, 0.1) is 6.04 Å². The molecule has 3 nitrogen and oxygen atoms in total. The van der Waals surface area contributed by atoms with Gasteiger partial charge in [0, 0.05) is 17.7 Å². The summed E-state index contributed by atoms with van der Waals surface area (Å²) in [5.74, 6) is -0.359. The molecule has 2 N–H and O–H groups in total. The Labute approximate surface area is 123 Å². The Hall–Kier alpha value is -2.20. The van der Waals surface area contributed by atoms with Crippen LogP contribution >= 0.6 is 0 Å². The number of fused-ring (bicyclic) bond motifs is 1. The van der Waals surface area contributed by atoms with E-state index in [1.54, 1.807) is 0 Å². The summed E-state index contributed by atoms with van der Waals surface area (Å²) < 4.78 is 14.4. The summed E-state index contributed by atoms with van der Waals surface area (Å²) >= 11 is 0. The topological polar surface area (TPSA) is 41.1 Å². The lowest BCUT2D eigenvalue weighted by Crippen LogP contribution is -2.22. The van der Waals surface area contributed by atoms with Gasteiger partial charge in [-0.15, -0.1) is 0 Å². The maximum atomic E-state index is 14.4. The van der Waals surface area contributed by atoms with E-state index in [1.807, 2.05) is 43.4 Å². The third-order valence-electron chi connectivity index (χ3n) is 3.85. The van der Waals surface area contributed by atoms with E-state index in [-0.39, 0.29) is 17.8 Å². The molecule has 3 rings (SSSR count).